The van der Waals surface area contributed by atoms with Crippen LogP contribution in [-0.2, 0) is 6.16 Å². The smallest absolute Gasteiger partial charge is 0.133 e. The quantitative estimate of drug-likeness (QED) is 0.324. The Bertz CT molecular complexity index is 955. The molecule has 1 unspecified atom stereocenters. The summed E-state index contributed by atoms with van der Waals surface area (Å²) < 4.78 is 22.5. The Kier molecular flexibility index (Phi) is 7.64. The van der Waals surface area contributed by atoms with E-state index < -0.39 is 7.55 Å². The third kappa shape index (κ3) is 5.08. The lowest BCUT2D eigenvalue weighted by Gasteiger charge is -2.19. The molecule has 1 atom stereocenters. The van der Waals surface area contributed by atoms with Crippen LogP contribution in [0.3, 0.4) is 0 Å². The molecule has 0 aliphatic heterocycles. The van der Waals surface area contributed by atoms with Gasteiger partial charge in [0.1, 0.15) is 23.5 Å². The second kappa shape index (κ2) is 10.6. The van der Waals surface area contributed by atoms with Crippen molar-refractivity contribution in [3.8, 4) is 23.0 Å². The molecule has 0 aliphatic rings. The molecule has 0 saturated carbocycles. The van der Waals surface area contributed by atoms with E-state index >= 15 is 0 Å². The lowest BCUT2D eigenvalue weighted by Crippen LogP contribution is -1.98. The normalized spacial score (nSPS) is 11.0. The van der Waals surface area contributed by atoms with E-state index in [0.29, 0.717) is 0 Å². The first kappa shape index (κ1) is 21.6. The van der Waals surface area contributed by atoms with Crippen molar-refractivity contribution in [2.45, 2.75) is 6.16 Å². The molecule has 3 aromatic carbocycles. The minimum absolute atomic E-state index is 0.747. The summed E-state index contributed by atoms with van der Waals surface area (Å²) in [7, 11) is 5.97. The van der Waals surface area contributed by atoms with Gasteiger partial charge in [-0.3, -0.25) is 0 Å². The Labute approximate surface area is 179 Å². The monoisotopic (exact) mass is 422 g/mol. The maximum atomic E-state index is 5.61. The lowest BCUT2D eigenvalue weighted by molar-refractivity contribution is 0.391. The van der Waals surface area contributed by atoms with Crippen LogP contribution in [0.5, 0.6) is 23.0 Å². The molecule has 0 amide bonds. The standard InChI is InChI=1S/C25H27O4P/c1-26-22-12-8-13-23(27-2)20(22)17-30(16-19-10-6-5-7-11-19)18-21-24(28-3)14-9-15-25(21)29-4/h5-15,17-18H,16H2,1-4H3. The summed E-state index contributed by atoms with van der Waals surface area (Å²) in [5.41, 5.74) is 3.17. The predicted octanol–water partition coefficient (Wildman–Crippen LogP) is 5.76. The van der Waals surface area contributed by atoms with Gasteiger partial charge in [0.2, 0.25) is 0 Å². The van der Waals surface area contributed by atoms with Crippen LogP contribution >= 0.6 is 7.55 Å². The summed E-state index contributed by atoms with van der Waals surface area (Å²) >= 11 is 0. The molecule has 30 heavy (non-hydrogen) atoms. The molecule has 0 N–H and O–H groups in total. The highest BCUT2D eigenvalue weighted by atomic mass is 31.1. The molecule has 0 saturated heterocycles. The maximum absolute atomic E-state index is 5.61. The first-order valence-electron chi connectivity index (χ1n) is 9.61. The molecule has 0 aromatic heterocycles. The van der Waals surface area contributed by atoms with Gasteiger partial charge in [-0.05, 0) is 17.7 Å². The first-order valence-corrected chi connectivity index (χ1v) is 11.3. The number of rotatable bonds is 9. The van der Waals surface area contributed by atoms with Crippen molar-refractivity contribution in [3.05, 3.63) is 89.6 Å². The highest BCUT2D eigenvalue weighted by Crippen LogP contribution is 2.44. The molecule has 0 radical (unpaired) electrons. The van der Waals surface area contributed by atoms with Gasteiger partial charge in [-0.2, -0.15) is 0 Å². The highest BCUT2D eigenvalue weighted by molar-refractivity contribution is 7.59. The molecule has 0 fully saturated rings. The maximum Gasteiger partial charge on any atom is 0.133 e. The van der Waals surface area contributed by atoms with Gasteiger partial charge in [0.05, 0.1) is 41.5 Å². The number of hydrogen-bond acceptors (Lipinski definition) is 4. The van der Waals surface area contributed by atoms with Crippen LogP contribution in [-0.4, -0.2) is 34.2 Å². The minimum atomic E-state index is -0.747. The van der Waals surface area contributed by atoms with Gasteiger partial charge in [-0.15, -0.1) is 0 Å². The second-order valence-corrected chi connectivity index (χ2v) is 8.43. The van der Waals surface area contributed by atoms with Crippen LogP contribution in [0.15, 0.2) is 66.7 Å². The molecular weight excluding hydrogens is 395 g/mol. The third-order valence-corrected chi connectivity index (χ3v) is 6.64. The van der Waals surface area contributed by atoms with E-state index in [9.17, 15) is 0 Å². The second-order valence-electron chi connectivity index (χ2n) is 6.57. The topological polar surface area (TPSA) is 36.9 Å². The van der Waals surface area contributed by atoms with Crippen molar-refractivity contribution in [1.82, 2.24) is 0 Å². The zero-order valence-electron chi connectivity index (χ0n) is 17.8. The van der Waals surface area contributed by atoms with Crippen LogP contribution in [0.2, 0.25) is 0 Å². The molecule has 0 bridgehead atoms. The van der Waals surface area contributed by atoms with E-state index in [-0.39, 0.29) is 0 Å². The van der Waals surface area contributed by atoms with Crippen molar-refractivity contribution in [2.24, 2.45) is 0 Å². The average molecular weight is 422 g/mol. The molecule has 5 heteroatoms. The minimum Gasteiger partial charge on any atom is -0.553 e. The Hall–Kier alpha value is -3.10. The average Bonchev–Trinajstić information content (AvgIpc) is 2.79. The van der Waals surface area contributed by atoms with Crippen molar-refractivity contribution >= 4 is 13.3 Å². The van der Waals surface area contributed by atoms with E-state index in [1.165, 1.54) is 5.56 Å². The number of ether oxygens (including phenoxy) is 4. The van der Waals surface area contributed by atoms with Gasteiger partial charge < -0.3 is 18.9 Å². The number of benzene rings is 3. The summed E-state index contributed by atoms with van der Waals surface area (Å²) in [6, 6.07) is 22.1. The van der Waals surface area contributed by atoms with Crippen molar-refractivity contribution in [1.29, 1.82) is 0 Å². The molecule has 0 spiro atoms. The van der Waals surface area contributed by atoms with E-state index in [1.54, 1.807) is 28.4 Å². The molecule has 3 rings (SSSR count). The Morgan fingerprint density at radius 2 is 1.17 bits per heavy atom. The largest absolute Gasteiger partial charge is 0.553 e. The Morgan fingerprint density at radius 1 is 0.667 bits per heavy atom. The molecule has 156 valence electrons. The van der Waals surface area contributed by atoms with Crippen LogP contribution < -0.4 is 18.9 Å². The summed E-state index contributed by atoms with van der Waals surface area (Å²) in [4.78, 5) is 0. The van der Waals surface area contributed by atoms with Gasteiger partial charge >= 0.3 is 0 Å². The van der Waals surface area contributed by atoms with Crippen molar-refractivity contribution < 1.29 is 18.9 Å². The summed E-state index contributed by atoms with van der Waals surface area (Å²) in [5, 5.41) is 0. The van der Waals surface area contributed by atoms with Crippen LogP contribution in [0.25, 0.3) is 0 Å². The zero-order valence-corrected chi connectivity index (χ0v) is 18.7. The molecule has 0 aliphatic carbocycles. The predicted molar refractivity (Wildman–Crippen MR) is 125 cm³/mol. The Balaban J connectivity index is 2.11. The summed E-state index contributed by atoms with van der Waals surface area (Å²) in [5.74, 6) is 5.39. The fourth-order valence-electron chi connectivity index (χ4n) is 3.27. The summed E-state index contributed by atoms with van der Waals surface area (Å²) in [6.07, 6.45) is 3.12. The first-order chi connectivity index (χ1) is 14.7. The highest BCUT2D eigenvalue weighted by Gasteiger charge is 2.17. The van der Waals surface area contributed by atoms with Crippen LogP contribution in [0, 0.1) is 6.16 Å². The van der Waals surface area contributed by atoms with E-state index in [0.717, 1.165) is 40.3 Å². The van der Waals surface area contributed by atoms with Crippen LogP contribution in [0.1, 0.15) is 16.7 Å². The van der Waals surface area contributed by atoms with E-state index in [4.69, 9.17) is 18.9 Å². The van der Waals surface area contributed by atoms with Gasteiger partial charge in [-0.25, -0.2) is 0 Å². The van der Waals surface area contributed by atoms with Gasteiger partial charge in [0.25, 0.3) is 0 Å². The van der Waals surface area contributed by atoms with Gasteiger partial charge in [0.15, 0.2) is 0 Å². The molecular formula is C25H27O4P. The van der Waals surface area contributed by atoms with Gasteiger partial charge in [-0.1, -0.05) is 60.2 Å². The number of methoxy groups -OCH3 is 4. The van der Waals surface area contributed by atoms with Crippen LogP contribution in [0.4, 0.5) is 0 Å². The van der Waals surface area contributed by atoms with E-state index in [1.807, 2.05) is 42.5 Å². The number of hydrogen-bond donors (Lipinski definition) is 0. The molecule has 0 heterocycles. The molecule has 4 nitrogen and oxygen atoms in total. The third-order valence-electron chi connectivity index (χ3n) is 4.73. The van der Waals surface area contributed by atoms with E-state index in [2.05, 4.69) is 36.2 Å². The summed E-state index contributed by atoms with van der Waals surface area (Å²) in [6.45, 7) is 0. The van der Waals surface area contributed by atoms with Crippen molar-refractivity contribution in [2.75, 3.05) is 28.4 Å². The van der Waals surface area contributed by atoms with Gasteiger partial charge in [0, 0.05) is 17.7 Å². The SMILES string of the molecule is COc1cccc(OC)c1C=[P+]([CH-]c1c(OC)cccc1OC)Cc1ccccc1. The fourth-order valence-corrected chi connectivity index (χ4v) is 5.33. The zero-order chi connectivity index (χ0) is 21.3. The van der Waals surface area contributed by atoms with Crippen molar-refractivity contribution in [3.63, 3.8) is 0 Å². The molecule has 3 aromatic rings. The Morgan fingerprint density at radius 3 is 1.67 bits per heavy atom. The fraction of sp³-hybridized carbons (Fsp3) is 0.200. The lowest BCUT2D eigenvalue weighted by atomic mass is 10.2.